The molecule has 5 nitrogen and oxygen atoms in total. The Balaban J connectivity index is 2.70. The lowest BCUT2D eigenvalue weighted by Crippen LogP contribution is -2.44. The molecular weight excluding hydrogens is 251 g/mol. The van der Waals surface area contributed by atoms with E-state index in [2.05, 4.69) is 5.32 Å². The second-order valence-corrected chi connectivity index (χ2v) is 4.86. The van der Waals surface area contributed by atoms with Gasteiger partial charge in [-0.2, -0.15) is 0 Å². The van der Waals surface area contributed by atoms with Crippen LogP contribution >= 0.6 is 0 Å². The Morgan fingerprint density at radius 1 is 1.37 bits per heavy atom. The number of halogens is 1. The van der Waals surface area contributed by atoms with E-state index in [1.807, 2.05) is 0 Å². The van der Waals surface area contributed by atoms with Crippen molar-refractivity contribution in [1.82, 2.24) is 5.32 Å². The van der Waals surface area contributed by atoms with Gasteiger partial charge in [-0.15, -0.1) is 0 Å². The van der Waals surface area contributed by atoms with E-state index in [4.69, 9.17) is 5.11 Å². The number of aliphatic carboxylic acids is 1. The largest absolute Gasteiger partial charge is 0.481 e. The Bertz CT molecular complexity index is 489. The molecule has 0 spiro atoms. The molecule has 2 N–H and O–H groups in total. The van der Waals surface area contributed by atoms with Crippen LogP contribution in [0.15, 0.2) is 24.3 Å². The van der Waals surface area contributed by atoms with Crippen LogP contribution in [0.3, 0.4) is 0 Å². The lowest BCUT2D eigenvalue weighted by Gasteiger charge is -2.23. The third kappa shape index (κ3) is 3.67. The number of carbonyl (C=O) groups is 2. The lowest BCUT2D eigenvalue weighted by atomic mass is 9.94. The number of nitrogens with zero attached hydrogens (tertiary/aromatic N) is 1. The van der Waals surface area contributed by atoms with Crippen LogP contribution < -0.4 is 10.2 Å². The number of amides is 2. The van der Waals surface area contributed by atoms with Crippen LogP contribution in [0.2, 0.25) is 0 Å². The second-order valence-electron chi connectivity index (χ2n) is 4.86. The fourth-order valence-corrected chi connectivity index (χ4v) is 1.32. The van der Waals surface area contributed by atoms with Gasteiger partial charge in [-0.05, 0) is 26.0 Å². The van der Waals surface area contributed by atoms with Gasteiger partial charge in [0.25, 0.3) is 0 Å². The Kier molecular flexibility index (Phi) is 4.47. The predicted octanol–water partition coefficient (Wildman–Crippen LogP) is 2.08. The van der Waals surface area contributed by atoms with Crippen molar-refractivity contribution in [3.05, 3.63) is 30.1 Å². The van der Waals surface area contributed by atoms with Crippen molar-refractivity contribution in [2.45, 2.75) is 13.8 Å². The number of hydrogen-bond acceptors (Lipinski definition) is 2. The minimum absolute atomic E-state index is 0.0417. The molecule has 0 saturated carbocycles. The minimum atomic E-state index is -1.08. The number of para-hydroxylation sites is 1. The summed E-state index contributed by atoms with van der Waals surface area (Å²) >= 11 is 0. The monoisotopic (exact) mass is 268 g/mol. The van der Waals surface area contributed by atoms with E-state index in [-0.39, 0.29) is 12.2 Å². The fraction of sp³-hybridized carbons (Fsp3) is 0.385. The number of nitrogens with one attached hydrogen (secondary N) is 1. The van der Waals surface area contributed by atoms with Gasteiger partial charge in [-0.25, -0.2) is 9.18 Å². The number of carboxylic acid groups (broad SMARTS) is 1. The molecule has 1 aromatic rings. The van der Waals surface area contributed by atoms with Crippen LogP contribution in [-0.4, -0.2) is 30.7 Å². The van der Waals surface area contributed by atoms with Crippen LogP contribution in [0, 0.1) is 11.2 Å². The number of rotatable bonds is 4. The van der Waals surface area contributed by atoms with E-state index in [1.165, 1.54) is 39.1 Å². The van der Waals surface area contributed by atoms with Crippen LogP contribution in [-0.2, 0) is 4.79 Å². The number of urea groups is 1. The first-order valence-corrected chi connectivity index (χ1v) is 5.75. The predicted molar refractivity (Wildman–Crippen MR) is 69.6 cm³/mol. The number of carboxylic acids is 1. The average molecular weight is 268 g/mol. The van der Waals surface area contributed by atoms with Crippen molar-refractivity contribution in [3.63, 3.8) is 0 Å². The van der Waals surface area contributed by atoms with Gasteiger partial charge in [-0.3, -0.25) is 9.69 Å². The first-order valence-electron chi connectivity index (χ1n) is 5.75. The Morgan fingerprint density at radius 2 is 1.95 bits per heavy atom. The highest BCUT2D eigenvalue weighted by molar-refractivity contribution is 5.91. The molecule has 1 aromatic carbocycles. The topological polar surface area (TPSA) is 69.6 Å². The normalized spacial score (nSPS) is 10.9. The van der Waals surface area contributed by atoms with Gasteiger partial charge in [-0.1, -0.05) is 12.1 Å². The Morgan fingerprint density at radius 3 is 2.47 bits per heavy atom. The van der Waals surface area contributed by atoms with E-state index in [0.29, 0.717) is 0 Å². The third-order valence-electron chi connectivity index (χ3n) is 2.78. The Hall–Kier alpha value is -2.11. The highest BCUT2D eigenvalue weighted by Crippen LogP contribution is 2.18. The van der Waals surface area contributed by atoms with Crippen molar-refractivity contribution < 1.29 is 19.1 Å². The molecule has 6 heteroatoms. The molecule has 0 bridgehead atoms. The number of hydrogen-bond donors (Lipinski definition) is 2. The molecule has 0 unspecified atom stereocenters. The highest BCUT2D eigenvalue weighted by atomic mass is 19.1. The molecule has 0 aromatic heterocycles. The SMILES string of the molecule is CN(C(=O)NCC(C)(C)C(=O)O)c1ccccc1F. The summed E-state index contributed by atoms with van der Waals surface area (Å²) in [5, 5.41) is 11.4. The van der Waals surface area contributed by atoms with E-state index in [1.54, 1.807) is 6.07 Å². The molecule has 0 fully saturated rings. The van der Waals surface area contributed by atoms with Gasteiger partial charge in [0.1, 0.15) is 5.82 Å². The molecule has 0 aliphatic rings. The summed E-state index contributed by atoms with van der Waals surface area (Å²) in [6, 6.07) is 5.30. The summed E-state index contributed by atoms with van der Waals surface area (Å²) in [6.07, 6.45) is 0. The van der Waals surface area contributed by atoms with Gasteiger partial charge in [0, 0.05) is 13.6 Å². The maximum Gasteiger partial charge on any atom is 0.321 e. The van der Waals surface area contributed by atoms with Gasteiger partial charge in [0.05, 0.1) is 11.1 Å². The molecule has 0 atom stereocenters. The first kappa shape index (κ1) is 14.9. The lowest BCUT2D eigenvalue weighted by molar-refractivity contribution is -0.146. The highest BCUT2D eigenvalue weighted by Gasteiger charge is 2.28. The fourth-order valence-electron chi connectivity index (χ4n) is 1.32. The van der Waals surface area contributed by atoms with Gasteiger partial charge in [0.15, 0.2) is 0 Å². The molecule has 19 heavy (non-hydrogen) atoms. The zero-order chi connectivity index (χ0) is 14.6. The third-order valence-corrected chi connectivity index (χ3v) is 2.78. The second kappa shape index (κ2) is 5.69. The number of benzene rings is 1. The quantitative estimate of drug-likeness (QED) is 0.878. The van der Waals surface area contributed by atoms with E-state index < -0.39 is 23.2 Å². The molecular formula is C13H17FN2O3. The standard InChI is InChI=1S/C13H17FN2O3/c1-13(2,11(17)18)8-15-12(19)16(3)10-7-5-4-6-9(10)14/h4-7H,8H2,1-3H3,(H,15,19)(H,17,18). The maximum absolute atomic E-state index is 13.5. The summed E-state index contributed by atoms with van der Waals surface area (Å²) < 4.78 is 13.5. The summed E-state index contributed by atoms with van der Waals surface area (Å²) in [4.78, 5) is 23.8. The van der Waals surface area contributed by atoms with Crippen molar-refractivity contribution in [1.29, 1.82) is 0 Å². The molecule has 0 heterocycles. The zero-order valence-corrected chi connectivity index (χ0v) is 11.1. The number of carbonyl (C=O) groups excluding carboxylic acids is 1. The Labute approximate surface area is 111 Å². The summed E-state index contributed by atoms with van der Waals surface area (Å²) in [5.41, 5.74) is -0.945. The molecule has 1 rings (SSSR count). The van der Waals surface area contributed by atoms with Crippen LogP contribution in [0.25, 0.3) is 0 Å². The maximum atomic E-state index is 13.5. The molecule has 0 aliphatic carbocycles. The number of anilines is 1. The van der Waals surface area contributed by atoms with Crippen molar-refractivity contribution >= 4 is 17.7 Å². The van der Waals surface area contributed by atoms with Gasteiger partial charge >= 0.3 is 12.0 Å². The zero-order valence-electron chi connectivity index (χ0n) is 11.1. The van der Waals surface area contributed by atoms with E-state index in [0.717, 1.165) is 4.90 Å². The van der Waals surface area contributed by atoms with Crippen LogP contribution in [0.1, 0.15) is 13.8 Å². The molecule has 0 radical (unpaired) electrons. The van der Waals surface area contributed by atoms with Crippen LogP contribution in [0.4, 0.5) is 14.9 Å². The van der Waals surface area contributed by atoms with Gasteiger partial charge in [0.2, 0.25) is 0 Å². The minimum Gasteiger partial charge on any atom is -0.481 e. The molecule has 2 amide bonds. The van der Waals surface area contributed by atoms with Crippen molar-refractivity contribution in [2.24, 2.45) is 5.41 Å². The summed E-state index contributed by atoms with van der Waals surface area (Å²) in [5.74, 6) is -1.53. The van der Waals surface area contributed by atoms with Crippen molar-refractivity contribution in [3.8, 4) is 0 Å². The smallest absolute Gasteiger partial charge is 0.321 e. The summed E-state index contributed by atoms with van der Waals surface area (Å²) in [7, 11) is 1.42. The summed E-state index contributed by atoms with van der Waals surface area (Å²) in [6.45, 7) is 2.96. The molecule has 0 saturated heterocycles. The average Bonchev–Trinajstić information content (AvgIpc) is 2.35. The molecule has 0 aliphatic heterocycles. The van der Waals surface area contributed by atoms with Gasteiger partial charge < -0.3 is 10.4 Å². The molecule has 104 valence electrons. The van der Waals surface area contributed by atoms with Crippen molar-refractivity contribution in [2.75, 3.05) is 18.5 Å². The first-order chi connectivity index (χ1) is 8.75. The van der Waals surface area contributed by atoms with E-state index in [9.17, 15) is 14.0 Å². The van der Waals surface area contributed by atoms with E-state index >= 15 is 0 Å². The van der Waals surface area contributed by atoms with Crippen LogP contribution in [0.5, 0.6) is 0 Å².